The van der Waals surface area contributed by atoms with Crippen molar-refractivity contribution in [2.75, 3.05) is 36.1 Å². The molecular formula is C24H33N7O3. The zero-order chi connectivity index (χ0) is 24.6. The van der Waals surface area contributed by atoms with Crippen LogP contribution in [0.1, 0.15) is 34.1 Å². The highest BCUT2D eigenvalue weighted by Crippen LogP contribution is 2.38. The maximum atomic E-state index is 12.3. The van der Waals surface area contributed by atoms with Gasteiger partial charge >= 0.3 is 6.09 Å². The second-order valence-corrected chi connectivity index (χ2v) is 9.74. The molecule has 2 atom stereocenters. The van der Waals surface area contributed by atoms with E-state index >= 15 is 0 Å². The van der Waals surface area contributed by atoms with Crippen LogP contribution < -0.4 is 26.4 Å². The second-order valence-electron chi connectivity index (χ2n) is 9.74. The van der Waals surface area contributed by atoms with Gasteiger partial charge in [0.1, 0.15) is 29.0 Å². The Kier molecular flexibility index (Phi) is 6.26. The summed E-state index contributed by atoms with van der Waals surface area (Å²) in [5.74, 6) is 2.18. The van der Waals surface area contributed by atoms with Crippen molar-refractivity contribution in [1.29, 1.82) is 0 Å². The van der Waals surface area contributed by atoms with E-state index in [2.05, 4.69) is 33.3 Å². The molecule has 2 unspecified atom stereocenters. The molecule has 182 valence electrons. The molecule has 10 nitrogen and oxygen atoms in total. The number of methoxy groups -OCH3 is 1. The summed E-state index contributed by atoms with van der Waals surface area (Å²) in [6.45, 7) is 9.27. The lowest BCUT2D eigenvalue weighted by Gasteiger charge is -2.35. The number of nitrogens with zero attached hydrogens (tertiary/aromatic N) is 4. The molecule has 3 aromatic rings. The van der Waals surface area contributed by atoms with E-state index in [9.17, 15) is 4.79 Å². The van der Waals surface area contributed by atoms with Gasteiger partial charge in [-0.05, 0) is 56.9 Å². The molecule has 1 aliphatic rings. The molecule has 1 fully saturated rings. The van der Waals surface area contributed by atoms with Gasteiger partial charge in [0.2, 0.25) is 0 Å². The third-order valence-corrected chi connectivity index (χ3v) is 6.01. The number of ether oxygens (including phenoxy) is 2. The normalized spacial score (nSPS) is 18.7. The summed E-state index contributed by atoms with van der Waals surface area (Å²) in [5.41, 5.74) is 14.9. The van der Waals surface area contributed by atoms with Crippen molar-refractivity contribution in [2.45, 2.75) is 45.8 Å². The van der Waals surface area contributed by atoms with Crippen LogP contribution in [0.3, 0.4) is 0 Å². The number of carbonyl (C=O) groups excluding carboxylic acids is 1. The number of rotatable bonds is 4. The molecule has 10 heteroatoms. The lowest BCUT2D eigenvalue weighted by molar-refractivity contribution is 0.0635. The zero-order valence-corrected chi connectivity index (χ0v) is 20.3. The quantitative estimate of drug-likeness (QED) is 0.531. The lowest BCUT2D eigenvalue weighted by atomic mass is 9.95. The zero-order valence-electron chi connectivity index (χ0n) is 20.3. The number of nitrogens with one attached hydrogen (secondary N) is 1. The minimum absolute atomic E-state index is 0.191. The Morgan fingerprint density at radius 2 is 2.03 bits per heavy atom. The van der Waals surface area contributed by atoms with Crippen molar-refractivity contribution >= 4 is 28.9 Å². The summed E-state index contributed by atoms with van der Waals surface area (Å²) in [7, 11) is 1.55. The number of benzene rings is 1. The molecular weight excluding hydrogens is 434 g/mol. The number of fused-ring (bicyclic) bond motifs is 1. The number of nitrogen functional groups attached to an aromatic ring is 1. The monoisotopic (exact) mass is 467 g/mol. The molecule has 1 aromatic carbocycles. The maximum Gasteiger partial charge on any atom is 0.412 e. The first-order valence-corrected chi connectivity index (χ1v) is 11.4. The first-order valence-electron chi connectivity index (χ1n) is 11.4. The van der Waals surface area contributed by atoms with Crippen molar-refractivity contribution in [3.8, 4) is 16.9 Å². The molecule has 5 N–H and O–H groups in total. The average molecular weight is 468 g/mol. The van der Waals surface area contributed by atoms with Gasteiger partial charge in [-0.3, -0.25) is 5.32 Å². The highest BCUT2D eigenvalue weighted by atomic mass is 16.6. The van der Waals surface area contributed by atoms with E-state index in [0.717, 1.165) is 42.0 Å². The van der Waals surface area contributed by atoms with Crippen molar-refractivity contribution in [3.63, 3.8) is 0 Å². The molecule has 0 saturated carbocycles. The van der Waals surface area contributed by atoms with Gasteiger partial charge in [0.25, 0.3) is 0 Å². The van der Waals surface area contributed by atoms with Gasteiger partial charge in [-0.15, -0.1) is 0 Å². The molecule has 0 aliphatic carbocycles. The van der Waals surface area contributed by atoms with Crippen molar-refractivity contribution in [2.24, 2.45) is 11.7 Å². The number of anilines is 3. The van der Waals surface area contributed by atoms with E-state index in [-0.39, 0.29) is 6.04 Å². The van der Waals surface area contributed by atoms with Crippen molar-refractivity contribution in [3.05, 3.63) is 30.6 Å². The smallest absolute Gasteiger partial charge is 0.412 e. The van der Waals surface area contributed by atoms with Crippen LogP contribution >= 0.6 is 0 Å². The van der Waals surface area contributed by atoms with Crippen molar-refractivity contribution < 1.29 is 14.3 Å². The maximum absolute atomic E-state index is 12.3. The third-order valence-electron chi connectivity index (χ3n) is 6.01. The summed E-state index contributed by atoms with van der Waals surface area (Å²) < 4.78 is 12.8. The molecule has 1 aliphatic heterocycles. The molecule has 4 rings (SSSR count). The van der Waals surface area contributed by atoms with Crippen LogP contribution in [0.4, 0.5) is 22.1 Å². The Bertz CT molecular complexity index is 1200. The fourth-order valence-electron chi connectivity index (χ4n) is 4.24. The Balaban J connectivity index is 1.73. The van der Waals surface area contributed by atoms with Crippen LogP contribution in [0.5, 0.6) is 5.75 Å². The largest absolute Gasteiger partial charge is 0.495 e. The van der Waals surface area contributed by atoms with Crippen LogP contribution in [0.2, 0.25) is 0 Å². The Morgan fingerprint density at radius 3 is 2.71 bits per heavy atom. The van der Waals surface area contributed by atoms with E-state index in [1.807, 2.05) is 37.4 Å². The van der Waals surface area contributed by atoms with E-state index in [4.69, 9.17) is 20.9 Å². The summed E-state index contributed by atoms with van der Waals surface area (Å²) in [4.78, 5) is 18.8. The standard InChI is InChI=1S/C24H33N7O3/c1-14-12-30(9-8-17(14)25)20-11-16(21-22(26)27-13-28-31(20)21)15-6-7-18(19(10-15)33-5)29-23(32)34-24(2,3)4/h6-7,10-11,13-14,17H,8-9,12,25H2,1-5H3,(H,29,32)(H2,26,27,28). The Morgan fingerprint density at radius 1 is 1.26 bits per heavy atom. The molecule has 0 spiro atoms. The van der Waals surface area contributed by atoms with Crippen LogP contribution in [-0.2, 0) is 4.74 Å². The van der Waals surface area contributed by atoms with Gasteiger partial charge in [0, 0.05) is 24.7 Å². The molecule has 2 aromatic heterocycles. The second kappa shape index (κ2) is 9.02. The third kappa shape index (κ3) is 4.72. The number of hydrogen-bond donors (Lipinski definition) is 3. The van der Waals surface area contributed by atoms with Crippen LogP contribution in [-0.4, -0.2) is 52.5 Å². The summed E-state index contributed by atoms with van der Waals surface area (Å²) in [5, 5.41) is 7.24. The predicted molar refractivity (Wildman–Crippen MR) is 133 cm³/mol. The van der Waals surface area contributed by atoms with Gasteiger partial charge in [-0.2, -0.15) is 5.10 Å². The fraction of sp³-hybridized carbons (Fsp3) is 0.458. The number of nitrogens with two attached hydrogens (primary N) is 2. The van der Waals surface area contributed by atoms with Crippen LogP contribution in [0.25, 0.3) is 16.6 Å². The summed E-state index contributed by atoms with van der Waals surface area (Å²) in [6.07, 6.45) is 1.82. The van der Waals surface area contributed by atoms with Gasteiger partial charge in [0.15, 0.2) is 5.82 Å². The van der Waals surface area contributed by atoms with E-state index in [1.165, 1.54) is 6.33 Å². The molecule has 0 bridgehead atoms. The highest BCUT2D eigenvalue weighted by molar-refractivity contribution is 5.93. The molecule has 3 heterocycles. The number of amides is 1. The Labute approximate surface area is 199 Å². The van der Waals surface area contributed by atoms with Gasteiger partial charge in [-0.1, -0.05) is 13.0 Å². The topological polar surface area (TPSA) is 133 Å². The molecule has 1 amide bonds. The first kappa shape index (κ1) is 23.6. The summed E-state index contributed by atoms with van der Waals surface area (Å²) in [6, 6.07) is 7.79. The lowest BCUT2D eigenvalue weighted by Crippen LogP contribution is -2.46. The summed E-state index contributed by atoms with van der Waals surface area (Å²) >= 11 is 0. The first-order chi connectivity index (χ1) is 16.1. The minimum atomic E-state index is -0.605. The molecule has 34 heavy (non-hydrogen) atoms. The molecule has 1 saturated heterocycles. The van der Waals surface area contributed by atoms with Gasteiger partial charge < -0.3 is 25.8 Å². The number of carbonyl (C=O) groups is 1. The van der Waals surface area contributed by atoms with Crippen molar-refractivity contribution in [1.82, 2.24) is 14.6 Å². The highest BCUT2D eigenvalue weighted by Gasteiger charge is 2.27. The average Bonchev–Trinajstić information content (AvgIpc) is 3.15. The van der Waals surface area contributed by atoms with E-state index in [1.54, 1.807) is 13.2 Å². The number of hydrogen-bond acceptors (Lipinski definition) is 8. The Hall–Kier alpha value is -3.53. The number of aromatic nitrogens is 3. The molecule has 0 radical (unpaired) electrons. The number of piperidine rings is 1. The van der Waals surface area contributed by atoms with E-state index < -0.39 is 11.7 Å². The van der Waals surface area contributed by atoms with Gasteiger partial charge in [-0.25, -0.2) is 14.3 Å². The fourth-order valence-corrected chi connectivity index (χ4v) is 4.24. The predicted octanol–water partition coefficient (Wildman–Crippen LogP) is 3.51. The van der Waals surface area contributed by atoms with Gasteiger partial charge in [0.05, 0.1) is 12.8 Å². The van der Waals surface area contributed by atoms with E-state index in [0.29, 0.717) is 23.2 Å². The van der Waals surface area contributed by atoms with Crippen LogP contribution in [0, 0.1) is 5.92 Å². The minimum Gasteiger partial charge on any atom is -0.495 e. The SMILES string of the molecule is COc1cc(-c2cc(N3CCC(N)C(C)C3)n3ncnc(N)c23)ccc1NC(=O)OC(C)(C)C. The van der Waals surface area contributed by atoms with Crippen LogP contribution in [0.15, 0.2) is 30.6 Å².